The molecule has 8 heteroatoms. The Balaban J connectivity index is 2.38. The zero-order valence-corrected chi connectivity index (χ0v) is 13.8. The maximum Gasteiger partial charge on any atom is 0.407 e. The van der Waals surface area contributed by atoms with Gasteiger partial charge in [-0.15, -0.1) is 0 Å². The van der Waals surface area contributed by atoms with Crippen LogP contribution in [0, 0.1) is 10.1 Å². The molecule has 0 radical (unpaired) electrons. The first-order chi connectivity index (χ1) is 10.7. The molecule has 1 N–H and O–H groups in total. The summed E-state index contributed by atoms with van der Waals surface area (Å²) in [5.74, 6) is 0.199. The lowest BCUT2D eigenvalue weighted by Gasteiger charge is -2.19. The third kappa shape index (κ3) is 6.96. The number of nitrogens with zero attached hydrogens (tertiary/aromatic N) is 1. The molecular formula is C15H22N2O6. The number of nitrogens with one attached hydrogen (secondary N) is 1. The van der Waals surface area contributed by atoms with Gasteiger partial charge < -0.3 is 19.5 Å². The fourth-order valence-corrected chi connectivity index (χ4v) is 1.70. The van der Waals surface area contributed by atoms with E-state index in [9.17, 15) is 14.9 Å². The molecule has 0 fully saturated rings. The number of amides is 1. The van der Waals surface area contributed by atoms with Crippen molar-refractivity contribution in [3.63, 3.8) is 0 Å². The summed E-state index contributed by atoms with van der Waals surface area (Å²) in [6.07, 6.45) is -0.513. The second-order valence-electron chi connectivity index (χ2n) is 5.74. The molecule has 0 saturated carbocycles. The zero-order valence-electron chi connectivity index (χ0n) is 13.8. The molecule has 0 aliphatic rings. The summed E-state index contributed by atoms with van der Waals surface area (Å²) in [6.45, 7) is 6.08. The Morgan fingerprint density at radius 3 is 2.61 bits per heavy atom. The van der Waals surface area contributed by atoms with Crippen LogP contribution in [0.2, 0.25) is 0 Å². The van der Waals surface area contributed by atoms with E-state index in [2.05, 4.69) is 5.32 Å². The van der Waals surface area contributed by atoms with Gasteiger partial charge in [0.2, 0.25) is 0 Å². The molecule has 1 rings (SSSR count). The van der Waals surface area contributed by atoms with Gasteiger partial charge in [-0.25, -0.2) is 4.79 Å². The summed E-state index contributed by atoms with van der Waals surface area (Å²) in [5, 5.41) is 13.5. The Bertz CT molecular complexity index is 553. The summed E-state index contributed by atoms with van der Waals surface area (Å²) in [6, 6.07) is 4.61. The predicted molar refractivity (Wildman–Crippen MR) is 83.5 cm³/mol. The highest BCUT2D eigenvalue weighted by Gasteiger charge is 2.16. The van der Waals surface area contributed by atoms with Crippen molar-refractivity contribution in [2.24, 2.45) is 0 Å². The van der Waals surface area contributed by atoms with Gasteiger partial charge in [-0.1, -0.05) is 6.07 Å². The van der Waals surface area contributed by atoms with Crippen LogP contribution in [-0.4, -0.2) is 36.9 Å². The van der Waals surface area contributed by atoms with Crippen molar-refractivity contribution in [3.05, 3.63) is 33.9 Å². The average Bonchev–Trinajstić information content (AvgIpc) is 2.44. The Kier molecular flexibility index (Phi) is 6.77. The molecule has 0 aliphatic carbocycles. The average molecular weight is 326 g/mol. The molecule has 0 spiro atoms. The molecule has 128 valence electrons. The molecule has 1 aromatic carbocycles. The molecule has 0 saturated heterocycles. The van der Waals surface area contributed by atoms with Gasteiger partial charge in [-0.2, -0.15) is 0 Å². The van der Waals surface area contributed by atoms with E-state index in [-0.39, 0.29) is 31.2 Å². The Labute approximate surface area is 134 Å². The number of benzene rings is 1. The number of methoxy groups -OCH3 is 1. The quantitative estimate of drug-likeness (QED) is 0.470. The predicted octanol–water partition coefficient (Wildman–Crippen LogP) is 2.64. The Morgan fingerprint density at radius 1 is 1.35 bits per heavy atom. The highest BCUT2D eigenvalue weighted by atomic mass is 16.6. The molecule has 8 nitrogen and oxygen atoms in total. The lowest BCUT2D eigenvalue weighted by Crippen LogP contribution is -2.34. The second kappa shape index (κ2) is 8.33. The van der Waals surface area contributed by atoms with Crippen LogP contribution in [0.4, 0.5) is 10.5 Å². The summed E-state index contributed by atoms with van der Waals surface area (Å²) in [7, 11) is 1.38. The lowest BCUT2D eigenvalue weighted by atomic mass is 10.2. The van der Waals surface area contributed by atoms with Gasteiger partial charge in [0.25, 0.3) is 0 Å². The van der Waals surface area contributed by atoms with Crippen LogP contribution in [0.1, 0.15) is 26.3 Å². The van der Waals surface area contributed by atoms with Crippen LogP contribution in [-0.2, 0) is 16.1 Å². The van der Waals surface area contributed by atoms with Gasteiger partial charge in [0.1, 0.15) is 5.60 Å². The van der Waals surface area contributed by atoms with E-state index >= 15 is 0 Å². The van der Waals surface area contributed by atoms with Gasteiger partial charge in [0, 0.05) is 12.6 Å². The van der Waals surface area contributed by atoms with Crippen molar-refractivity contribution in [2.75, 3.05) is 20.3 Å². The standard InChI is InChI=1S/C15H22N2O6/c1-15(2,3)23-14(18)16-7-8-22-10-11-5-6-13(21-4)12(9-11)17(19)20/h5-6,9H,7-8,10H2,1-4H3,(H,16,18). The number of ether oxygens (including phenoxy) is 3. The van der Waals surface area contributed by atoms with Crippen LogP contribution in [0.25, 0.3) is 0 Å². The number of nitro benzene ring substituents is 1. The smallest absolute Gasteiger partial charge is 0.407 e. The van der Waals surface area contributed by atoms with Crippen molar-refractivity contribution in [3.8, 4) is 5.75 Å². The minimum absolute atomic E-state index is 0.111. The van der Waals surface area contributed by atoms with Gasteiger partial charge in [0.05, 0.1) is 25.2 Å². The first-order valence-corrected chi connectivity index (χ1v) is 7.09. The van der Waals surface area contributed by atoms with Crippen molar-refractivity contribution >= 4 is 11.8 Å². The maximum atomic E-state index is 11.4. The summed E-state index contributed by atoms with van der Waals surface area (Å²) in [4.78, 5) is 21.8. The first-order valence-electron chi connectivity index (χ1n) is 7.09. The second-order valence-corrected chi connectivity index (χ2v) is 5.74. The number of hydrogen-bond acceptors (Lipinski definition) is 6. The number of carbonyl (C=O) groups excluding carboxylic acids is 1. The molecule has 0 aromatic heterocycles. The Morgan fingerprint density at radius 2 is 2.04 bits per heavy atom. The summed E-state index contributed by atoms with van der Waals surface area (Å²) < 4.78 is 15.4. The van der Waals surface area contributed by atoms with Crippen molar-refractivity contribution in [1.82, 2.24) is 5.32 Å². The van der Waals surface area contributed by atoms with Crippen LogP contribution in [0.5, 0.6) is 5.75 Å². The molecule has 0 aliphatic heterocycles. The summed E-state index contributed by atoms with van der Waals surface area (Å²) in [5.41, 5.74) is -0.0114. The monoisotopic (exact) mass is 326 g/mol. The van der Waals surface area contributed by atoms with Gasteiger partial charge >= 0.3 is 11.8 Å². The van der Waals surface area contributed by atoms with E-state index < -0.39 is 16.6 Å². The number of carbonyl (C=O) groups is 1. The molecular weight excluding hydrogens is 304 g/mol. The van der Waals surface area contributed by atoms with E-state index in [4.69, 9.17) is 14.2 Å². The van der Waals surface area contributed by atoms with Crippen molar-refractivity contribution < 1.29 is 23.9 Å². The van der Waals surface area contributed by atoms with E-state index in [1.165, 1.54) is 19.2 Å². The highest BCUT2D eigenvalue weighted by Crippen LogP contribution is 2.27. The topological polar surface area (TPSA) is 99.9 Å². The minimum atomic E-state index is -0.549. The molecule has 0 heterocycles. The number of alkyl carbamates (subject to hydrolysis) is 1. The third-order valence-electron chi connectivity index (χ3n) is 2.62. The van der Waals surface area contributed by atoms with Gasteiger partial charge in [0.15, 0.2) is 5.75 Å². The van der Waals surface area contributed by atoms with Crippen LogP contribution >= 0.6 is 0 Å². The van der Waals surface area contributed by atoms with E-state index in [0.29, 0.717) is 5.56 Å². The van der Waals surface area contributed by atoms with Crippen molar-refractivity contribution in [1.29, 1.82) is 0 Å². The van der Waals surface area contributed by atoms with E-state index in [1.54, 1.807) is 26.8 Å². The van der Waals surface area contributed by atoms with E-state index in [0.717, 1.165) is 0 Å². The number of rotatable bonds is 7. The van der Waals surface area contributed by atoms with Gasteiger partial charge in [-0.05, 0) is 32.4 Å². The van der Waals surface area contributed by atoms with Gasteiger partial charge in [-0.3, -0.25) is 10.1 Å². The zero-order chi connectivity index (χ0) is 17.5. The SMILES string of the molecule is COc1ccc(COCCNC(=O)OC(C)(C)C)cc1[N+](=O)[O-]. The highest BCUT2D eigenvalue weighted by molar-refractivity contribution is 5.67. The molecule has 1 amide bonds. The van der Waals surface area contributed by atoms with Crippen LogP contribution in [0.15, 0.2) is 18.2 Å². The van der Waals surface area contributed by atoms with Crippen LogP contribution < -0.4 is 10.1 Å². The largest absolute Gasteiger partial charge is 0.490 e. The fourth-order valence-electron chi connectivity index (χ4n) is 1.70. The maximum absolute atomic E-state index is 11.4. The third-order valence-corrected chi connectivity index (χ3v) is 2.62. The molecule has 0 bridgehead atoms. The number of hydrogen-bond donors (Lipinski definition) is 1. The van der Waals surface area contributed by atoms with Crippen LogP contribution in [0.3, 0.4) is 0 Å². The number of nitro groups is 1. The lowest BCUT2D eigenvalue weighted by molar-refractivity contribution is -0.385. The normalized spacial score (nSPS) is 11.0. The summed E-state index contributed by atoms with van der Waals surface area (Å²) >= 11 is 0. The minimum Gasteiger partial charge on any atom is -0.490 e. The molecule has 0 unspecified atom stereocenters. The van der Waals surface area contributed by atoms with Crippen molar-refractivity contribution in [2.45, 2.75) is 33.0 Å². The molecule has 23 heavy (non-hydrogen) atoms. The fraction of sp³-hybridized carbons (Fsp3) is 0.533. The Hall–Kier alpha value is -2.35. The molecule has 1 aromatic rings. The first kappa shape index (κ1) is 18.7. The van der Waals surface area contributed by atoms with E-state index in [1.807, 2.05) is 0 Å². The molecule has 0 atom stereocenters.